The number of hydrogen-bond donors (Lipinski definition) is 2. The molecule has 0 radical (unpaired) electrons. The molecule has 2 rings (SSSR count). The zero-order valence-corrected chi connectivity index (χ0v) is 11.7. The smallest absolute Gasteiger partial charge is 0.261 e. The number of nitrogen functional groups attached to an aromatic ring is 1. The second-order valence-electron chi connectivity index (χ2n) is 4.42. The maximum Gasteiger partial charge on any atom is 0.261 e. The highest BCUT2D eigenvalue weighted by Crippen LogP contribution is 2.02. The fourth-order valence-electron chi connectivity index (χ4n) is 1.71. The Morgan fingerprint density at radius 3 is 2.76 bits per heavy atom. The Morgan fingerprint density at radius 1 is 1.38 bits per heavy atom. The third kappa shape index (κ3) is 4.37. The average molecular weight is 287 g/mol. The van der Waals surface area contributed by atoms with Crippen molar-refractivity contribution in [1.82, 2.24) is 25.6 Å². The minimum absolute atomic E-state index is 0.0648. The molecule has 8 heteroatoms. The van der Waals surface area contributed by atoms with Crippen molar-refractivity contribution in [3.63, 3.8) is 0 Å². The number of anilines is 1. The van der Waals surface area contributed by atoms with Crippen LogP contribution in [-0.2, 0) is 17.8 Å². The van der Waals surface area contributed by atoms with Crippen LogP contribution in [0.1, 0.15) is 18.9 Å². The van der Waals surface area contributed by atoms with Gasteiger partial charge in [-0.15, -0.1) is 0 Å². The second-order valence-corrected chi connectivity index (χ2v) is 4.42. The minimum atomic E-state index is -0.326. The number of nitrogens with two attached hydrogens (primary N) is 1. The standard InChI is InChI=1S/C13H17N7O/c1-2-11(8-10-6-4-3-5-7-10)15-16-12(21)9-20-13(14)17-18-19-20/h3-7H,2,8-9H2,1H3,(H,16,21)(H2,14,17,19)/b15-11+. The van der Waals surface area contributed by atoms with Crippen molar-refractivity contribution in [3.8, 4) is 0 Å². The van der Waals surface area contributed by atoms with Crippen LogP contribution in [0.4, 0.5) is 5.95 Å². The van der Waals surface area contributed by atoms with Crippen molar-refractivity contribution in [3.05, 3.63) is 35.9 Å². The van der Waals surface area contributed by atoms with E-state index in [1.165, 1.54) is 4.68 Å². The van der Waals surface area contributed by atoms with Crippen LogP contribution in [0, 0.1) is 0 Å². The summed E-state index contributed by atoms with van der Waals surface area (Å²) in [5.74, 6) is -0.234. The number of carbonyl (C=O) groups is 1. The molecule has 0 unspecified atom stereocenters. The van der Waals surface area contributed by atoms with Gasteiger partial charge in [-0.05, 0) is 22.4 Å². The monoisotopic (exact) mass is 287 g/mol. The Balaban J connectivity index is 1.91. The van der Waals surface area contributed by atoms with E-state index in [0.29, 0.717) is 6.42 Å². The number of rotatable bonds is 6. The predicted octanol–water partition coefficient (Wildman–Crippen LogP) is 0.380. The SMILES string of the molecule is CC/C(Cc1ccccc1)=N\NC(=O)Cn1nnnc1N. The van der Waals surface area contributed by atoms with E-state index < -0.39 is 0 Å². The third-order valence-electron chi connectivity index (χ3n) is 2.85. The highest BCUT2D eigenvalue weighted by Gasteiger charge is 2.07. The van der Waals surface area contributed by atoms with Crippen molar-refractivity contribution >= 4 is 17.6 Å². The van der Waals surface area contributed by atoms with E-state index in [2.05, 4.69) is 26.1 Å². The summed E-state index contributed by atoms with van der Waals surface area (Å²) in [6.07, 6.45) is 1.45. The van der Waals surface area contributed by atoms with Crippen LogP contribution in [0.2, 0.25) is 0 Å². The Labute approximate surface area is 122 Å². The molecule has 0 aliphatic rings. The van der Waals surface area contributed by atoms with Gasteiger partial charge < -0.3 is 5.73 Å². The Morgan fingerprint density at radius 2 is 2.14 bits per heavy atom. The summed E-state index contributed by atoms with van der Waals surface area (Å²) in [4.78, 5) is 11.7. The van der Waals surface area contributed by atoms with Crippen LogP contribution >= 0.6 is 0 Å². The number of nitrogens with zero attached hydrogens (tertiary/aromatic N) is 5. The fourth-order valence-corrected chi connectivity index (χ4v) is 1.71. The van der Waals surface area contributed by atoms with E-state index in [-0.39, 0.29) is 18.4 Å². The van der Waals surface area contributed by atoms with Crippen molar-refractivity contribution in [1.29, 1.82) is 0 Å². The van der Waals surface area contributed by atoms with Gasteiger partial charge in [-0.1, -0.05) is 42.4 Å². The van der Waals surface area contributed by atoms with Gasteiger partial charge in [0.1, 0.15) is 6.54 Å². The summed E-state index contributed by atoms with van der Waals surface area (Å²) in [7, 11) is 0. The summed E-state index contributed by atoms with van der Waals surface area (Å²) in [6.45, 7) is 1.93. The maximum atomic E-state index is 11.7. The molecule has 0 saturated carbocycles. The van der Waals surface area contributed by atoms with E-state index in [4.69, 9.17) is 5.73 Å². The van der Waals surface area contributed by atoms with Crippen molar-refractivity contribution in [2.75, 3.05) is 5.73 Å². The predicted molar refractivity (Wildman–Crippen MR) is 78.2 cm³/mol. The summed E-state index contributed by atoms with van der Waals surface area (Å²) >= 11 is 0. The maximum absolute atomic E-state index is 11.7. The lowest BCUT2D eigenvalue weighted by Crippen LogP contribution is -2.26. The molecule has 0 atom stereocenters. The topological polar surface area (TPSA) is 111 Å². The molecule has 0 bridgehead atoms. The van der Waals surface area contributed by atoms with Gasteiger partial charge >= 0.3 is 0 Å². The number of aromatic nitrogens is 4. The Kier molecular flexibility index (Phi) is 4.97. The van der Waals surface area contributed by atoms with Crippen LogP contribution in [0.25, 0.3) is 0 Å². The van der Waals surface area contributed by atoms with E-state index in [1.54, 1.807) is 0 Å². The highest BCUT2D eigenvalue weighted by atomic mass is 16.2. The fraction of sp³-hybridized carbons (Fsp3) is 0.308. The van der Waals surface area contributed by atoms with Crippen LogP contribution in [0.3, 0.4) is 0 Å². The third-order valence-corrected chi connectivity index (χ3v) is 2.85. The molecule has 1 amide bonds. The van der Waals surface area contributed by atoms with Crippen LogP contribution in [-0.4, -0.2) is 31.8 Å². The van der Waals surface area contributed by atoms with E-state index >= 15 is 0 Å². The van der Waals surface area contributed by atoms with Crippen LogP contribution in [0.5, 0.6) is 0 Å². The number of hydrazone groups is 1. The first-order valence-corrected chi connectivity index (χ1v) is 6.59. The number of hydrogen-bond acceptors (Lipinski definition) is 6. The molecule has 1 aromatic carbocycles. The minimum Gasteiger partial charge on any atom is -0.367 e. The highest BCUT2D eigenvalue weighted by molar-refractivity contribution is 5.87. The first-order chi connectivity index (χ1) is 10.2. The van der Waals surface area contributed by atoms with Gasteiger partial charge in [0.25, 0.3) is 5.91 Å². The van der Waals surface area contributed by atoms with E-state index in [0.717, 1.165) is 17.7 Å². The van der Waals surface area contributed by atoms with Gasteiger partial charge in [0, 0.05) is 12.1 Å². The van der Waals surface area contributed by atoms with Gasteiger partial charge in [0.2, 0.25) is 5.95 Å². The molecule has 0 aliphatic heterocycles. The Hall–Kier alpha value is -2.77. The lowest BCUT2D eigenvalue weighted by molar-refractivity contribution is -0.121. The molecule has 1 heterocycles. The number of benzene rings is 1. The average Bonchev–Trinajstić information content (AvgIpc) is 2.89. The van der Waals surface area contributed by atoms with Gasteiger partial charge in [0.05, 0.1) is 0 Å². The molecule has 0 spiro atoms. The van der Waals surface area contributed by atoms with Crippen LogP contribution < -0.4 is 11.2 Å². The molecule has 0 aliphatic carbocycles. The van der Waals surface area contributed by atoms with Gasteiger partial charge in [-0.2, -0.15) is 5.10 Å². The van der Waals surface area contributed by atoms with Crippen molar-refractivity contribution in [2.45, 2.75) is 26.3 Å². The molecule has 21 heavy (non-hydrogen) atoms. The lowest BCUT2D eigenvalue weighted by atomic mass is 10.1. The quantitative estimate of drug-likeness (QED) is 0.589. The largest absolute Gasteiger partial charge is 0.367 e. The summed E-state index contributed by atoms with van der Waals surface area (Å²) in [6, 6.07) is 9.96. The molecule has 1 aromatic heterocycles. The molecule has 3 N–H and O–H groups in total. The van der Waals surface area contributed by atoms with Crippen molar-refractivity contribution in [2.24, 2.45) is 5.10 Å². The van der Waals surface area contributed by atoms with Gasteiger partial charge in [0.15, 0.2) is 0 Å². The van der Waals surface area contributed by atoms with Crippen LogP contribution in [0.15, 0.2) is 35.4 Å². The normalized spacial score (nSPS) is 11.4. The number of tetrazole rings is 1. The van der Waals surface area contributed by atoms with E-state index in [9.17, 15) is 4.79 Å². The lowest BCUT2D eigenvalue weighted by Gasteiger charge is -2.05. The van der Waals surface area contributed by atoms with Crippen molar-refractivity contribution < 1.29 is 4.79 Å². The number of nitrogens with one attached hydrogen (secondary N) is 1. The first-order valence-electron chi connectivity index (χ1n) is 6.59. The van der Waals surface area contributed by atoms with Gasteiger partial charge in [-0.25, -0.2) is 10.1 Å². The summed E-state index contributed by atoms with van der Waals surface area (Å²) < 4.78 is 1.20. The molecule has 8 nitrogen and oxygen atoms in total. The zero-order valence-electron chi connectivity index (χ0n) is 11.7. The molecule has 0 saturated heterocycles. The first kappa shape index (κ1) is 14.6. The van der Waals surface area contributed by atoms with Gasteiger partial charge in [-0.3, -0.25) is 4.79 Å². The second kappa shape index (κ2) is 7.13. The summed E-state index contributed by atoms with van der Waals surface area (Å²) in [5.41, 5.74) is 10.0. The molecular formula is C13H17N7O. The molecule has 2 aromatic rings. The molecule has 110 valence electrons. The summed E-state index contributed by atoms with van der Waals surface area (Å²) in [5, 5.41) is 14.6. The molecular weight excluding hydrogens is 270 g/mol. The number of amides is 1. The molecule has 0 fully saturated rings. The van der Waals surface area contributed by atoms with E-state index in [1.807, 2.05) is 37.3 Å². The Bertz CT molecular complexity index is 620. The number of carbonyl (C=O) groups excluding carboxylic acids is 1. The zero-order chi connectivity index (χ0) is 15.1.